The highest BCUT2D eigenvalue weighted by Crippen LogP contribution is 2.09. The van der Waals surface area contributed by atoms with Crippen molar-refractivity contribution in [3.63, 3.8) is 0 Å². The van der Waals surface area contributed by atoms with Gasteiger partial charge in [-0.05, 0) is 35.9 Å². The van der Waals surface area contributed by atoms with Crippen LogP contribution in [0.25, 0.3) is 18.3 Å². The van der Waals surface area contributed by atoms with E-state index in [0.29, 0.717) is 16.3 Å². The molecule has 0 unspecified atom stereocenters. The summed E-state index contributed by atoms with van der Waals surface area (Å²) in [7, 11) is 0. The number of carbonyl (C=O) groups is 1. The minimum absolute atomic E-state index is 0.122. The Labute approximate surface area is 138 Å². The van der Waals surface area contributed by atoms with Crippen LogP contribution in [0.4, 0.5) is 5.69 Å². The second-order valence-corrected chi connectivity index (χ2v) is 5.43. The third-order valence-electron chi connectivity index (χ3n) is 3.56. The maximum absolute atomic E-state index is 12.6. The van der Waals surface area contributed by atoms with Crippen molar-refractivity contribution >= 4 is 24.2 Å². The number of amides is 1. The van der Waals surface area contributed by atoms with Crippen molar-refractivity contribution in [2.45, 2.75) is 6.92 Å². The van der Waals surface area contributed by atoms with E-state index in [-0.39, 0.29) is 11.5 Å². The molecule has 2 aromatic carbocycles. The number of H-pyrrole nitrogens is 1. The fraction of sp³-hybridized carbons (Fsp3) is 0.0526. The lowest BCUT2D eigenvalue weighted by molar-refractivity contribution is -0.114. The Bertz CT molecular complexity index is 1030. The van der Waals surface area contributed by atoms with Crippen LogP contribution in [0.15, 0.2) is 59.4 Å². The first-order valence-corrected chi connectivity index (χ1v) is 7.49. The van der Waals surface area contributed by atoms with Crippen LogP contribution in [0.5, 0.6) is 0 Å². The first-order chi connectivity index (χ1) is 11.5. The molecule has 3 aromatic rings. The minimum Gasteiger partial charge on any atom is -0.326 e. The summed E-state index contributed by atoms with van der Waals surface area (Å²) < 4.78 is 1.47. The Kier molecular flexibility index (Phi) is 4.16. The van der Waals surface area contributed by atoms with Gasteiger partial charge in [0.25, 0.3) is 5.56 Å². The van der Waals surface area contributed by atoms with Crippen molar-refractivity contribution in [1.29, 1.82) is 0 Å². The Balaban J connectivity index is 2.02. The molecule has 3 rings (SSSR count). The largest absolute Gasteiger partial charge is 0.326 e. The molecule has 0 saturated heterocycles. The Morgan fingerprint density at radius 1 is 1.12 bits per heavy atom. The van der Waals surface area contributed by atoms with E-state index in [4.69, 9.17) is 0 Å². The number of hydrogen-bond acceptors (Lipinski definition) is 2. The van der Waals surface area contributed by atoms with Crippen molar-refractivity contribution in [3.8, 4) is 5.69 Å². The van der Waals surface area contributed by atoms with Gasteiger partial charge in [0.15, 0.2) is 0 Å². The molecule has 0 aliphatic heterocycles. The Morgan fingerprint density at radius 2 is 1.79 bits per heavy atom. The van der Waals surface area contributed by atoms with E-state index >= 15 is 0 Å². The molecule has 24 heavy (non-hydrogen) atoms. The maximum Gasteiger partial charge on any atom is 0.279 e. The van der Waals surface area contributed by atoms with Gasteiger partial charge in [-0.1, -0.05) is 36.9 Å². The number of nitrogens with one attached hydrogen (secondary N) is 2. The van der Waals surface area contributed by atoms with E-state index in [0.717, 1.165) is 11.3 Å². The highest BCUT2D eigenvalue weighted by atomic mass is 16.1. The summed E-state index contributed by atoms with van der Waals surface area (Å²) in [6.45, 7) is 5.38. The third kappa shape index (κ3) is 3.20. The van der Waals surface area contributed by atoms with Crippen LogP contribution in [0, 0.1) is 0 Å². The van der Waals surface area contributed by atoms with Gasteiger partial charge >= 0.3 is 0 Å². The highest BCUT2D eigenvalue weighted by molar-refractivity contribution is 5.88. The van der Waals surface area contributed by atoms with Crippen molar-refractivity contribution in [2.24, 2.45) is 0 Å². The van der Waals surface area contributed by atoms with Crippen LogP contribution in [0.1, 0.15) is 12.5 Å². The molecule has 0 saturated carbocycles. The van der Waals surface area contributed by atoms with Crippen molar-refractivity contribution in [2.75, 3.05) is 5.32 Å². The van der Waals surface area contributed by atoms with Crippen LogP contribution in [0.2, 0.25) is 0 Å². The molecule has 1 heterocycles. The van der Waals surface area contributed by atoms with Crippen LogP contribution in [-0.4, -0.2) is 15.7 Å². The predicted octanol–water partition coefficient (Wildman–Crippen LogP) is 1.36. The number of para-hydroxylation sites is 1. The zero-order valence-electron chi connectivity index (χ0n) is 13.2. The molecule has 0 spiro atoms. The predicted molar refractivity (Wildman–Crippen MR) is 95.5 cm³/mol. The fourth-order valence-corrected chi connectivity index (χ4v) is 2.44. The zero-order chi connectivity index (χ0) is 17.1. The average Bonchev–Trinajstić information content (AvgIpc) is 2.85. The molecule has 0 aliphatic rings. The van der Waals surface area contributed by atoms with Crippen LogP contribution in [0.3, 0.4) is 0 Å². The SMILES string of the molecule is C=c1[nH]n(-c2ccccc2)c(=O)/c1=C\c1ccc(NC(C)=O)cc1. The number of carbonyl (C=O) groups excluding carboxylic acids is 1. The van der Waals surface area contributed by atoms with Crippen molar-refractivity contribution in [3.05, 3.63) is 81.1 Å². The maximum atomic E-state index is 12.6. The Hall–Kier alpha value is -3.34. The summed E-state index contributed by atoms with van der Waals surface area (Å²) in [5, 5.41) is 6.76. The van der Waals surface area contributed by atoms with E-state index in [1.165, 1.54) is 11.6 Å². The lowest BCUT2D eigenvalue weighted by Crippen LogP contribution is -2.33. The van der Waals surface area contributed by atoms with Gasteiger partial charge in [-0.2, -0.15) is 0 Å². The van der Waals surface area contributed by atoms with Gasteiger partial charge in [0.05, 0.1) is 16.3 Å². The second-order valence-electron chi connectivity index (χ2n) is 5.43. The number of aromatic amines is 1. The van der Waals surface area contributed by atoms with E-state index in [1.54, 1.807) is 18.2 Å². The van der Waals surface area contributed by atoms with Crippen molar-refractivity contribution in [1.82, 2.24) is 9.78 Å². The smallest absolute Gasteiger partial charge is 0.279 e. The minimum atomic E-state index is -0.155. The first-order valence-electron chi connectivity index (χ1n) is 7.49. The van der Waals surface area contributed by atoms with Crippen LogP contribution < -0.4 is 21.4 Å². The monoisotopic (exact) mass is 319 g/mol. The number of nitrogens with zero attached hydrogens (tertiary/aromatic N) is 1. The zero-order valence-corrected chi connectivity index (χ0v) is 13.2. The number of anilines is 1. The molecular formula is C19H17N3O2. The molecular weight excluding hydrogens is 302 g/mol. The fourth-order valence-electron chi connectivity index (χ4n) is 2.44. The van der Waals surface area contributed by atoms with Gasteiger partial charge in [-0.25, -0.2) is 4.68 Å². The van der Waals surface area contributed by atoms with Gasteiger partial charge in [0, 0.05) is 12.6 Å². The molecule has 120 valence electrons. The van der Waals surface area contributed by atoms with Gasteiger partial charge in [0.1, 0.15) is 0 Å². The molecule has 0 atom stereocenters. The quantitative estimate of drug-likeness (QED) is 0.765. The van der Waals surface area contributed by atoms with Gasteiger partial charge in [-0.15, -0.1) is 0 Å². The van der Waals surface area contributed by atoms with E-state index in [2.05, 4.69) is 17.0 Å². The highest BCUT2D eigenvalue weighted by Gasteiger charge is 2.04. The van der Waals surface area contributed by atoms with E-state index in [1.807, 2.05) is 42.5 Å². The number of rotatable bonds is 3. The molecule has 1 amide bonds. The third-order valence-corrected chi connectivity index (χ3v) is 3.56. The van der Waals surface area contributed by atoms with Crippen LogP contribution in [-0.2, 0) is 4.79 Å². The van der Waals surface area contributed by atoms with Gasteiger partial charge < -0.3 is 5.32 Å². The molecule has 0 fully saturated rings. The second kappa shape index (κ2) is 6.42. The average molecular weight is 319 g/mol. The molecule has 5 heteroatoms. The standard InChI is InChI=1S/C19H17N3O2/c1-13-18(12-15-8-10-16(11-9-15)20-14(2)23)19(24)22(21-13)17-6-4-3-5-7-17/h3-12,21H,1H2,2H3,(H,20,23)/b18-12-. The number of hydrogen-bond donors (Lipinski definition) is 2. The lowest BCUT2D eigenvalue weighted by Gasteiger charge is -2.01. The molecule has 5 nitrogen and oxygen atoms in total. The number of aromatic nitrogens is 2. The van der Waals surface area contributed by atoms with Crippen molar-refractivity contribution < 1.29 is 4.79 Å². The lowest BCUT2D eigenvalue weighted by atomic mass is 10.2. The van der Waals surface area contributed by atoms with Crippen LogP contribution >= 0.6 is 0 Å². The summed E-state index contributed by atoms with van der Waals surface area (Å²) in [5.41, 5.74) is 2.17. The molecule has 1 aromatic heterocycles. The van der Waals surface area contributed by atoms with E-state index < -0.39 is 0 Å². The number of benzene rings is 2. The molecule has 2 N–H and O–H groups in total. The summed E-state index contributed by atoms with van der Waals surface area (Å²) in [6, 6.07) is 16.6. The summed E-state index contributed by atoms with van der Waals surface area (Å²) in [6.07, 6.45) is 1.78. The summed E-state index contributed by atoms with van der Waals surface area (Å²) in [5.74, 6) is -0.122. The first kappa shape index (κ1) is 15.6. The normalized spacial score (nSPS) is 11.5. The summed E-state index contributed by atoms with van der Waals surface area (Å²) in [4.78, 5) is 23.7. The van der Waals surface area contributed by atoms with Gasteiger partial charge in [0.2, 0.25) is 5.91 Å². The topological polar surface area (TPSA) is 66.9 Å². The van der Waals surface area contributed by atoms with E-state index in [9.17, 15) is 9.59 Å². The summed E-state index contributed by atoms with van der Waals surface area (Å²) >= 11 is 0. The molecule has 0 aliphatic carbocycles. The Morgan fingerprint density at radius 3 is 2.42 bits per heavy atom. The molecule has 0 radical (unpaired) electrons. The molecule has 0 bridgehead atoms. The van der Waals surface area contributed by atoms with Gasteiger partial charge in [-0.3, -0.25) is 14.7 Å².